The van der Waals surface area contributed by atoms with Crippen molar-refractivity contribution in [2.45, 2.75) is 19.8 Å². The summed E-state index contributed by atoms with van der Waals surface area (Å²) >= 11 is 0. The second-order valence-electron chi connectivity index (χ2n) is 3.14. The van der Waals surface area contributed by atoms with Gasteiger partial charge in [0.25, 0.3) is 5.56 Å². The highest BCUT2D eigenvalue weighted by atomic mass is 16.5. The Kier molecular flexibility index (Phi) is 3.49. The van der Waals surface area contributed by atoms with E-state index in [1.165, 1.54) is 6.92 Å². The molecule has 0 radical (unpaired) electrons. The summed E-state index contributed by atoms with van der Waals surface area (Å²) in [6, 6.07) is 0. The molecule has 0 aliphatic carbocycles. The lowest BCUT2D eigenvalue weighted by Gasteiger charge is -2.10. The number of carbonyl (C=O) groups excluding carboxylic acids is 1. The Morgan fingerprint density at radius 2 is 2.06 bits per heavy atom. The monoisotopic (exact) mass is 228 g/mol. The molecule has 0 unspecified atom stereocenters. The number of rotatable bonds is 3. The fraction of sp³-hybridized carbons (Fsp3) is 0.444. The predicted molar refractivity (Wildman–Crippen MR) is 54.4 cm³/mol. The van der Waals surface area contributed by atoms with Gasteiger partial charge in [0.05, 0.1) is 18.1 Å². The molecule has 0 aliphatic rings. The van der Waals surface area contributed by atoms with Crippen molar-refractivity contribution in [3.05, 3.63) is 26.4 Å². The van der Waals surface area contributed by atoms with Crippen LogP contribution >= 0.6 is 0 Å². The van der Waals surface area contributed by atoms with Crippen LogP contribution in [-0.4, -0.2) is 27.7 Å². The van der Waals surface area contributed by atoms with Crippen molar-refractivity contribution in [1.29, 1.82) is 0 Å². The van der Waals surface area contributed by atoms with Crippen molar-refractivity contribution in [2.75, 3.05) is 6.61 Å². The van der Waals surface area contributed by atoms with E-state index in [0.717, 1.165) is 0 Å². The SMILES string of the molecule is CCOC(=O)[C@H](C)c1c(O)[nH]c(=O)[nH]c1=O. The van der Waals surface area contributed by atoms with Gasteiger partial charge in [0, 0.05) is 0 Å². The van der Waals surface area contributed by atoms with Crippen molar-refractivity contribution < 1.29 is 14.6 Å². The smallest absolute Gasteiger partial charge is 0.328 e. The molecule has 3 N–H and O–H groups in total. The number of aromatic amines is 2. The van der Waals surface area contributed by atoms with E-state index in [1.54, 1.807) is 6.92 Å². The highest BCUT2D eigenvalue weighted by Crippen LogP contribution is 2.19. The molecule has 88 valence electrons. The molecule has 0 spiro atoms. The molecular formula is C9H12N2O5. The van der Waals surface area contributed by atoms with E-state index < -0.39 is 29.0 Å². The maximum Gasteiger partial charge on any atom is 0.328 e. The Labute approximate surface area is 90.1 Å². The lowest BCUT2D eigenvalue weighted by molar-refractivity contribution is -0.144. The summed E-state index contributed by atoms with van der Waals surface area (Å²) in [6.45, 7) is 3.20. The van der Waals surface area contributed by atoms with Gasteiger partial charge in [0.15, 0.2) is 0 Å². The fourth-order valence-electron chi connectivity index (χ4n) is 1.27. The molecular weight excluding hydrogens is 216 g/mol. The van der Waals surface area contributed by atoms with Gasteiger partial charge in [-0.25, -0.2) is 4.79 Å². The van der Waals surface area contributed by atoms with Crippen LogP contribution in [0.25, 0.3) is 0 Å². The molecule has 1 heterocycles. The van der Waals surface area contributed by atoms with E-state index in [0.29, 0.717) is 0 Å². The van der Waals surface area contributed by atoms with E-state index in [-0.39, 0.29) is 12.2 Å². The molecule has 1 aromatic heterocycles. The van der Waals surface area contributed by atoms with Gasteiger partial charge < -0.3 is 9.84 Å². The van der Waals surface area contributed by atoms with E-state index in [4.69, 9.17) is 4.74 Å². The van der Waals surface area contributed by atoms with Crippen LogP contribution in [0.5, 0.6) is 5.88 Å². The van der Waals surface area contributed by atoms with Crippen molar-refractivity contribution in [3.8, 4) is 5.88 Å². The summed E-state index contributed by atoms with van der Waals surface area (Å²) in [5, 5.41) is 9.38. The largest absolute Gasteiger partial charge is 0.494 e. The molecule has 0 fully saturated rings. The molecule has 1 aromatic rings. The average molecular weight is 228 g/mol. The minimum absolute atomic E-state index is 0.172. The van der Waals surface area contributed by atoms with Crippen LogP contribution in [-0.2, 0) is 9.53 Å². The second-order valence-corrected chi connectivity index (χ2v) is 3.14. The maximum absolute atomic E-state index is 11.4. The van der Waals surface area contributed by atoms with Gasteiger partial charge in [-0.05, 0) is 13.8 Å². The molecule has 7 nitrogen and oxygen atoms in total. The summed E-state index contributed by atoms with van der Waals surface area (Å²) in [6.07, 6.45) is 0. The molecule has 1 rings (SSSR count). The quantitative estimate of drug-likeness (QED) is 0.600. The van der Waals surface area contributed by atoms with Crippen LogP contribution in [0.2, 0.25) is 0 Å². The molecule has 0 saturated heterocycles. The predicted octanol–water partition coefficient (Wildman–Crippen LogP) is -0.565. The summed E-state index contributed by atoms with van der Waals surface area (Å²) < 4.78 is 4.70. The van der Waals surface area contributed by atoms with Crippen LogP contribution in [0.3, 0.4) is 0 Å². The number of hydrogen-bond acceptors (Lipinski definition) is 5. The fourth-order valence-corrected chi connectivity index (χ4v) is 1.27. The van der Waals surface area contributed by atoms with Gasteiger partial charge in [0.2, 0.25) is 5.88 Å². The van der Waals surface area contributed by atoms with Crippen LogP contribution in [0.4, 0.5) is 0 Å². The van der Waals surface area contributed by atoms with Crippen molar-refractivity contribution >= 4 is 5.97 Å². The second kappa shape index (κ2) is 4.65. The van der Waals surface area contributed by atoms with Crippen LogP contribution in [0, 0.1) is 0 Å². The van der Waals surface area contributed by atoms with E-state index in [9.17, 15) is 19.5 Å². The number of nitrogens with one attached hydrogen (secondary N) is 2. The number of hydrogen-bond donors (Lipinski definition) is 3. The normalized spacial score (nSPS) is 12.1. The van der Waals surface area contributed by atoms with Gasteiger partial charge in [-0.3, -0.25) is 19.6 Å². The molecule has 0 aliphatic heterocycles. The van der Waals surface area contributed by atoms with E-state index in [1.807, 2.05) is 9.97 Å². The van der Waals surface area contributed by atoms with Gasteiger partial charge in [-0.15, -0.1) is 0 Å². The highest BCUT2D eigenvalue weighted by Gasteiger charge is 2.23. The Hall–Kier alpha value is -2.05. The summed E-state index contributed by atoms with van der Waals surface area (Å²) in [7, 11) is 0. The summed E-state index contributed by atoms with van der Waals surface area (Å²) in [5.74, 6) is -2.20. The van der Waals surface area contributed by atoms with E-state index in [2.05, 4.69) is 0 Å². The lowest BCUT2D eigenvalue weighted by Crippen LogP contribution is -2.28. The van der Waals surface area contributed by atoms with Gasteiger partial charge in [0.1, 0.15) is 0 Å². The van der Waals surface area contributed by atoms with Gasteiger partial charge >= 0.3 is 11.7 Å². The summed E-state index contributed by atoms with van der Waals surface area (Å²) in [5.41, 5.74) is -1.85. The Morgan fingerprint density at radius 3 is 2.56 bits per heavy atom. The zero-order valence-corrected chi connectivity index (χ0v) is 8.86. The van der Waals surface area contributed by atoms with Crippen LogP contribution in [0.1, 0.15) is 25.3 Å². The third-order valence-electron chi connectivity index (χ3n) is 2.03. The Bertz CT molecular complexity index is 501. The first-order valence-corrected chi connectivity index (χ1v) is 4.69. The highest BCUT2D eigenvalue weighted by molar-refractivity contribution is 5.78. The lowest BCUT2D eigenvalue weighted by atomic mass is 10.0. The van der Waals surface area contributed by atoms with Crippen molar-refractivity contribution in [3.63, 3.8) is 0 Å². The molecule has 0 amide bonds. The standard InChI is InChI=1S/C9H12N2O5/c1-3-16-8(14)4(2)5-6(12)10-9(15)11-7(5)13/h4H,3H2,1-2H3,(H3,10,11,12,13,15)/t4-/m1/s1. The molecule has 1 atom stereocenters. The number of aromatic hydroxyl groups is 1. The van der Waals surface area contributed by atoms with Gasteiger partial charge in [-0.2, -0.15) is 0 Å². The first-order chi connectivity index (χ1) is 7.47. The number of aromatic nitrogens is 2. The van der Waals surface area contributed by atoms with Crippen molar-refractivity contribution in [1.82, 2.24) is 9.97 Å². The van der Waals surface area contributed by atoms with Crippen LogP contribution < -0.4 is 11.2 Å². The first kappa shape index (κ1) is 12.0. The number of H-pyrrole nitrogens is 2. The van der Waals surface area contributed by atoms with Crippen LogP contribution in [0.15, 0.2) is 9.59 Å². The number of ether oxygens (including phenoxy) is 1. The zero-order chi connectivity index (χ0) is 12.3. The number of esters is 1. The number of carbonyl (C=O) groups is 1. The molecule has 7 heteroatoms. The third kappa shape index (κ3) is 2.30. The van der Waals surface area contributed by atoms with Crippen molar-refractivity contribution in [2.24, 2.45) is 0 Å². The summed E-state index contributed by atoms with van der Waals surface area (Å²) in [4.78, 5) is 37.4. The van der Waals surface area contributed by atoms with Gasteiger partial charge in [-0.1, -0.05) is 0 Å². The molecule has 0 saturated carbocycles. The maximum atomic E-state index is 11.4. The Morgan fingerprint density at radius 1 is 1.44 bits per heavy atom. The molecule has 0 bridgehead atoms. The minimum atomic E-state index is -0.944. The topological polar surface area (TPSA) is 112 Å². The molecule has 16 heavy (non-hydrogen) atoms. The van der Waals surface area contributed by atoms with E-state index >= 15 is 0 Å². The third-order valence-corrected chi connectivity index (χ3v) is 2.03. The Balaban J connectivity index is 3.19. The first-order valence-electron chi connectivity index (χ1n) is 4.69. The minimum Gasteiger partial charge on any atom is -0.494 e. The average Bonchev–Trinajstić information content (AvgIpc) is 2.16. The molecule has 0 aromatic carbocycles. The zero-order valence-electron chi connectivity index (χ0n) is 8.86.